The fourth-order valence-corrected chi connectivity index (χ4v) is 2.56. The summed E-state index contributed by atoms with van der Waals surface area (Å²) in [5.74, 6) is 2.04. The topological polar surface area (TPSA) is 62.9 Å². The number of hydrogen-bond acceptors (Lipinski definition) is 3. The largest absolute Gasteiger partial charge is 0.497 e. The normalized spacial score (nSPS) is 18.9. The van der Waals surface area contributed by atoms with E-state index < -0.39 is 0 Å². The highest BCUT2D eigenvalue weighted by Gasteiger charge is 2.22. The lowest BCUT2D eigenvalue weighted by Gasteiger charge is -2.19. The Bertz CT molecular complexity index is 475. The third kappa shape index (κ3) is 4.55. The van der Waals surface area contributed by atoms with E-state index in [0.29, 0.717) is 11.9 Å². The van der Waals surface area contributed by atoms with Crippen LogP contribution in [0.4, 0.5) is 5.69 Å². The average Bonchev–Trinajstić information content (AvgIpc) is 3.00. The first kappa shape index (κ1) is 15.5. The molecule has 1 heterocycles. The number of rotatable bonds is 6. The van der Waals surface area contributed by atoms with E-state index in [2.05, 4.69) is 34.3 Å². The van der Waals surface area contributed by atoms with Crippen molar-refractivity contribution in [2.24, 2.45) is 16.6 Å². The van der Waals surface area contributed by atoms with Gasteiger partial charge in [-0.2, -0.15) is 0 Å². The lowest BCUT2D eigenvalue weighted by molar-refractivity contribution is 0.415. The second-order valence-electron chi connectivity index (χ2n) is 5.45. The molecule has 0 bridgehead atoms. The van der Waals surface area contributed by atoms with Gasteiger partial charge in [-0.3, -0.25) is 4.99 Å². The number of nitrogens with two attached hydrogens (primary N) is 1. The maximum absolute atomic E-state index is 5.83. The first-order valence-electron chi connectivity index (χ1n) is 7.65. The van der Waals surface area contributed by atoms with Crippen LogP contribution in [0.5, 0.6) is 5.75 Å². The molecule has 1 aromatic carbocycles. The summed E-state index contributed by atoms with van der Waals surface area (Å²) >= 11 is 0. The third-order valence-corrected chi connectivity index (χ3v) is 3.78. The fourth-order valence-electron chi connectivity index (χ4n) is 2.56. The number of benzene rings is 1. The van der Waals surface area contributed by atoms with Gasteiger partial charge in [0.2, 0.25) is 0 Å². The second kappa shape index (κ2) is 7.76. The first-order valence-corrected chi connectivity index (χ1v) is 7.65. The average molecular weight is 290 g/mol. The second-order valence-corrected chi connectivity index (χ2v) is 5.45. The maximum Gasteiger partial charge on any atom is 0.188 e. The molecule has 0 aromatic heterocycles. The van der Waals surface area contributed by atoms with Crippen LogP contribution in [0.15, 0.2) is 29.3 Å². The number of aliphatic imine (C=N–C) groups is 1. The van der Waals surface area contributed by atoms with E-state index in [-0.39, 0.29) is 0 Å². The van der Waals surface area contributed by atoms with Crippen LogP contribution in [0.1, 0.15) is 19.8 Å². The molecule has 2 rings (SSSR count). The number of ether oxygens (including phenoxy) is 1. The van der Waals surface area contributed by atoms with Gasteiger partial charge in [0.15, 0.2) is 5.96 Å². The minimum absolute atomic E-state index is 0.566. The van der Waals surface area contributed by atoms with Gasteiger partial charge in [0.1, 0.15) is 5.75 Å². The monoisotopic (exact) mass is 290 g/mol. The predicted octanol–water partition coefficient (Wildman–Crippen LogP) is 1.84. The SMILES string of the molecule is CCCNC(N)=NCC1CCN(c2cccc(OC)c2)C1. The van der Waals surface area contributed by atoms with Crippen molar-refractivity contribution < 1.29 is 4.74 Å². The van der Waals surface area contributed by atoms with Gasteiger partial charge in [0.25, 0.3) is 0 Å². The van der Waals surface area contributed by atoms with Gasteiger partial charge in [-0.25, -0.2) is 0 Å². The Hall–Kier alpha value is -1.91. The Morgan fingerprint density at radius 3 is 3.14 bits per heavy atom. The summed E-state index contributed by atoms with van der Waals surface area (Å²) in [6.45, 7) is 5.88. The minimum atomic E-state index is 0.566. The number of guanidine groups is 1. The standard InChI is InChI=1S/C16H26N4O/c1-3-8-18-16(17)19-11-13-7-9-20(12-13)14-5-4-6-15(10-14)21-2/h4-6,10,13H,3,7-9,11-12H2,1-2H3,(H3,17,18,19). The summed E-state index contributed by atoms with van der Waals surface area (Å²) in [6.07, 6.45) is 2.21. The Morgan fingerprint density at radius 2 is 2.38 bits per heavy atom. The van der Waals surface area contributed by atoms with Gasteiger partial charge in [-0.1, -0.05) is 13.0 Å². The highest BCUT2D eigenvalue weighted by atomic mass is 16.5. The fraction of sp³-hybridized carbons (Fsp3) is 0.562. The van der Waals surface area contributed by atoms with Crippen molar-refractivity contribution in [2.45, 2.75) is 19.8 Å². The molecule has 3 N–H and O–H groups in total. The summed E-state index contributed by atoms with van der Waals surface area (Å²) in [6, 6.07) is 8.22. The van der Waals surface area contributed by atoms with Crippen LogP contribution in [0.25, 0.3) is 0 Å². The van der Waals surface area contributed by atoms with E-state index in [9.17, 15) is 0 Å². The van der Waals surface area contributed by atoms with Gasteiger partial charge in [0, 0.05) is 37.9 Å². The van der Waals surface area contributed by atoms with E-state index >= 15 is 0 Å². The van der Waals surface area contributed by atoms with Crippen molar-refractivity contribution >= 4 is 11.6 Å². The molecule has 0 amide bonds. The molecule has 0 aliphatic carbocycles. The number of hydrogen-bond donors (Lipinski definition) is 2. The van der Waals surface area contributed by atoms with Crippen LogP contribution < -0.4 is 20.7 Å². The van der Waals surface area contributed by atoms with Crippen molar-refractivity contribution in [3.8, 4) is 5.75 Å². The maximum atomic E-state index is 5.83. The van der Waals surface area contributed by atoms with E-state index in [1.807, 2.05) is 12.1 Å². The number of anilines is 1. The van der Waals surface area contributed by atoms with E-state index in [0.717, 1.165) is 44.8 Å². The molecule has 5 heteroatoms. The molecule has 1 aromatic rings. The van der Waals surface area contributed by atoms with Crippen molar-refractivity contribution in [2.75, 3.05) is 38.2 Å². The lowest BCUT2D eigenvalue weighted by atomic mass is 10.1. The molecule has 1 aliphatic rings. The summed E-state index contributed by atoms with van der Waals surface area (Å²) in [5, 5.41) is 3.11. The van der Waals surface area contributed by atoms with Crippen LogP contribution in [0, 0.1) is 5.92 Å². The van der Waals surface area contributed by atoms with E-state index in [1.54, 1.807) is 7.11 Å². The van der Waals surface area contributed by atoms with Crippen molar-refractivity contribution in [3.05, 3.63) is 24.3 Å². The predicted molar refractivity (Wildman–Crippen MR) is 88.1 cm³/mol. The van der Waals surface area contributed by atoms with Gasteiger partial charge < -0.3 is 20.7 Å². The quantitative estimate of drug-likeness (QED) is 0.620. The molecule has 1 aliphatic heterocycles. The molecule has 116 valence electrons. The highest BCUT2D eigenvalue weighted by molar-refractivity contribution is 5.77. The Balaban J connectivity index is 1.85. The zero-order valence-corrected chi connectivity index (χ0v) is 13.0. The zero-order valence-electron chi connectivity index (χ0n) is 13.0. The third-order valence-electron chi connectivity index (χ3n) is 3.78. The summed E-state index contributed by atoms with van der Waals surface area (Å²) in [7, 11) is 1.70. The molecule has 1 saturated heterocycles. The molecule has 1 unspecified atom stereocenters. The molecular formula is C16H26N4O. The number of nitrogens with zero attached hydrogens (tertiary/aromatic N) is 2. The summed E-state index contributed by atoms with van der Waals surface area (Å²) in [4.78, 5) is 6.82. The van der Waals surface area contributed by atoms with Gasteiger partial charge >= 0.3 is 0 Å². The van der Waals surface area contributed by atoms with Gasteiger partial charge in [-0.15, -0.1) is 0 Å². The number of methoxy groups -OCH3 is 1. The molecule has 1 fully saturated rings. The molecular weight excluding hydrogens is 264 g/mol. The minimum Gasteiger partial charge on any atom is -0.497 e. The van der Waals surface area contributed by atoms with E-state index in [4.69, 9.17) is 10.5 Å². The molecule has 0 spiro atoms. The zero-order chi connectivity index (χ0) is 15.1. The lowest BCUT2D eigenvalue weighted by Crippen LogP contribution is -2.32. The van der Waals surface area contributed by atoms with E-state index in [1.165, 1.54) is 5.69 Å². The van der Waals surface area contributed by atoms with Crippen LogP contribution in [0.3, 0.4) is 0 Å². The van der Waals surface area contributed by atoms with Crippen molar-refractivity contribution in [3.63, 3.8) is 0 Å². The van der Waals surface area contributed by atoms with Crippen molar-refractivity contribution in [1.29, 1.82) is 0 Å². The highest BCUT2D eigenvalue weighted by Crippen LogP contribution is 2.26. The molecule has 0 radical (unpaired) electrons. The molecule has 1 atom stereocenters. The molecule has 0 saturated carbocycles. The van der Waals surface area contributed by atoms with Crippen LogP contribution in [-0.2, 0) is 0 Å². The Labute approximate surface area is 127 Å². The van der Waals surface area contributed by atoms with Gasteiger partial charge in [0.05, 0.1) is 7.11 Å². The number of nitrogens with one attached hydrogen (secondary N) is 1. The molecule has 21 heavy (non-hydrogen) atoms. The van der Waals surface area contributed by atoms with Crippen LogP contribution >= 0.6 is 0 Å². The summed E-state index contributed by atoms with van der Waals surface area (Å²) in [5.41, 5.74) is 7.05. The Morgan fingerprint density at radius 1 is 1.52 bits per heavy atom. The molecule has 5 nitrogen and oxygen atoms in total. The van der Waals surface area contributed by atoms with Crippen LogP contribution in [0.2, 0.25) is 0 Å². The summed E-state index contributed by atoms with van der Waals surface area (Å²) < 4.78 is 5.28. The Kier molecular flexibility index (Phi) is 5.72. The first-order chi connectivity index (χ1) is 10.2. The van der Waals surface area contributed by atoms with Gasteiger partial charge in [-0.05, 0) is 30.9 Å². The smallest absolute Gasteiger partial charge is 0.188 e. The van der Waals surface area contributed by atoms with Crippen molar-refractivity contribution in [1.82, 2.24) is 5.32 Å². The van der Waals surface area contributed by atoms with Crippen LogP contribution in [-0.4, -0.2) is 39.2 Å².